The van der Waals surface area contributed by atoms with Gasteiger partial charge in [-0.05, 0) is 60.0 Å². The summed E-state index contributed by atoms with van der Waals surface area (Å²) in [6.45, 7) is 1.02. The number of nitrogens with zero attached hydrogens (tertiary/aromatic N) is 1. The van der Waals surface area contributed by atoms with Gasteiger partial charge in [0.25, 0.3) is 5.56 Å². The van der Waals surface area contributed by atoms with Crippen LogP contribution in [0.5, 0.6) is 17.2 Å². The molecule has 0 amide bonds. The Morgan fingerprint density at radius 1 is 0.904 bits per heavy atom. The van der Waals surface area contributed by atoms with E-state index in [0.29, 0.717) is 28.2 Å². The summed E-state index contributed by atoms with van der Waals surface area (Å²) in [5, 5.41) is 12.2. The summed E-state index contributed by atoms with van der Waals surface area (Å²) in [5.41, 5.74) is -0.637. The molecule has 0 spiro atoms. The fourth-order valence-corrected chi connectivity index (χ4v) is 7.36. The van der Waals surface area contributed by atoms with E-state index in [-0.39, 0.29) is 16.3 Å². The third-order valence-corrected chi connectivity index (χ3v) is 9.98. The van der Waals surface area contributed by atoms with Crippen molar-refractivity contribution < 1.29 is 42.6 Å². The molecule has 3 N–H and O–H groups in total. The van der Waals surface area contributed by atoms with Crippen molar-refractivity contribution in [3.8, 4) is 17.2 Å². The van der Waals surface area contributed by atoms with Crippen molar-refractivity contribution in [2.45, 2.75) is 37.1 Å². The van der Waals surface area contributed by atoms with Gasteiger partial charge < -0.3 is 28.6 Å². The molecule has 1 aliphatic rings. The van der Waals surface area contributed by atoms with Crippen molar-refractivity contribution in [2.24, 2.45) is 0 Å². The number of para-hydroxylation sites is 1. The van der Waals surface area contributed by atoms with Gasteiger partial charge in [-0.1, -0.05) is 78.3 Å². The van der Waals surface area contributed by atoms with Gasteiger partial charge in [0.1, 0.15) is 35.2 Å². The second-order valence-corrected chi connectivity index (χ2v) is 13.7. The van der Waals surface area contributed by atoms with Crippen molar-refractivity contribution in [1.82, 2.24) is 9.55 Å². The number of aromatic nitrogens is 2. The molecule has 1 aromatic heterocycles. The molecule has 13 nitrogen and oxygen atoms in total. The summed E-state index contributed by atoms with van der Waals surface area (Å²) in [4.78, 5) is 38.3. The molecule has 0 radical (unpaired) electrons. The Labute approximate surface area is 303 Å². The SMILES string of the molecule is COc1ccc(C(OC[C@H]2O[C@@H](n3cc(C)c(=O)[nH]c3=O)C[C@]2(O)OP(=O)(O)Oc2ccccc2Cl)(c2ccccc2)c2ccc(OC)cc2)cc1. The van der Waals surface area contributed by atoms with Crippen LogP contribution < -0.4 is 25.2 Å². The number of benzene rings is 4. The smallest absolute Gasteiger partial charge is 0.497 e. The van der Waals surface area contributed by atoms with Crippen molar-refractivity contribution in [1.29, 1.82) is 0 Å². The minimum atomic E-state index is -5.14. The molecule has 6 rings (SSSR count). The highest BCUT2D eigenvalue weighted by Gasteiger charge is 2.55. The average Bonchev–Trinajstić information content (AvgIpc) is 3.46. The van der Waals surface area contributed by atoms with Gasteiger partial charge in [-0.2, -0.15) is 0 Å². The van der Waals surface area contributed by atoms with Crippen molar-refractivity contribution >= 4 is 19.4 Å². The number of aryl methyl sites for hydroxylation is 1. The molecule has 1 fully saturated rings. The molecule has 1 unspecified atom stereocenters. The van der Waals surface area contributed by atoms with Crippen molar-refractivity contribution in [3.63, 3.8) is 0 Å². The molecule has 15 heteroatoms. The molecule has 1 saturated heterocycles. The maximum Gasteiger partial charge on any atom is 0.530 e. The van der Waals surface area contributed by atoms with Crippen LogP contribution in [0.25, 0.3) is 0 Å². The van der Waals surface area contributed by atoms with Gasteiger partial charge in [-0.3, -0.25) is 19.2 Å². The van der Waals surface area contributed by atoms with Gasteiger partial charge in [0, 0.05) is 11.8 Å². The Balaban J connectivity index is 1.44. The molecular weight excluding hydrogens is 715 g/mol. The van der Waals surface area contributed by atoms with Gasteiger partial charge >= 0.3 is 13.5 Å². The Morgan fingerprint density at radius 3 is 2.04 bits per heavy atom. The van der Waals surface area contributed by atoms with Crippen LogP contribution in [0.1, 0.15) is 34.9 Å². The zero-order chi connectivity index (χ0) is 37.1. The van der Waals surface area contributed by atoms with Crippen LogP contribution in [0.4, 0.5) is 0 Å². The summed E-state index contributed by atoms with van der Waals surface area (Å²) >= 11 is 6.17. The number of hydrogen-bond donors (Lipinski definition) is 3. The zero-order valence-corrected chi connectivity index (χ0v) is 30.0. The molecule has 2 heterocycles. The molecule has 0 bridgehead atoms. The first-order valence-corrected chi connectivity index (χ1v) is 17.9. The molecule has 4 atom stereocenters. The highest BCUT2D eigenvalue weighted by Crippen LogP contribution is 2.53. The van der Waals surface area contributed by atoms with Gasteiger partial charge in [0.2, 0.25) is 5.79 Å². The fourth-order valence-electron chi connectivity index (χ4n) is 6.09. The maximum absolute atomic E-state index is 13.5. The third kappa shape index (κ3) is 7.57. The Hall–Kier alpha value is -4.72. The lowest BCUT2D eigenvalue weighted by atomic mass is 9.80. The quantitative estimate of drug-likeness (QED) is 0.0768. The second kappa shape index (κ2) is 15.1. The van der Waals surface area contributed by atoms with Crippen LogP contribution in [-0.4, -0.2) is 52.3 Å². The number of phosphoric acid groups is 1. The minimum Gasteiger partial charge on any atom is -0.497 e. The van der Waals surface area contributed by atoms with Gasteiger partial charge in [0.15, 0.2) is 0 Å². The number of H-pyrrole nitrogens is 1. The van der Waals surface area contributed by atoms with Crippen LogP contribution in [0, 0.1) is 6.92 Å². The molecule has 52 heavy (non-hydrogen) atoms. The highest BCUT2D eigenvalue weighted by atomic mass is 35.5. The predicted molar refractivity (Wildman–Crippen MR) is 191 cm³/mol. The van der Waals surface area contributed by atoms with Gasteiger partial charge in [-0.25, -0.2) is 13.9 Å². The molecule has 272 valence electrons. The number of methoxy groups -OCH3 is 2. The van der Waals surface area contributed by atoms with E-state index in [1.54, 1.807) is 44.6 Å². The highest BCUT2D eigenvalue weighted by molar-refractivity contribution is 7.47. The molecular formula is C37H36ClN2O11P. The first-order valence-electron chi connectivity index (χ1n) is 16.0. The van der Waals surface area contributed by atoms with Gasteiger partial charge in [-0.15, -0.1) is 0 Å². The van der Waals surface area contributed by atoms with E-state index in [4.69, 9.17) is 39.6 Å². The number of rotatable bonds is 13. The number of nitrogens with one attached hydrogen (secondary N) is 1. The number of phosphoric ester groups is 1. The average molecular weight is 751 g/mol. The summed E-state index contributed by atoms with van der Waals surface area (Å²) in [6, 6.07) is 29.7. The Morgan fingerprint density at radius 2 is 1.46 bits per heavy atom. The van der Waals surface area contributed by atoms with Crippen LogP contribution in [-0.2, 0) is 24.2 Å². The van der Waals surface area contributed by atoms with E-state index in [2.05, 4.69) is 4.98 Å². The standard InChI is InChI=1S/C37H36ClN2O11P/c1-24-22-40(35(42)39-34(24)41)33-21-36(43,51-52(44,45)50-31-12-8-7-11-30(31)38)32(49-33)23-48-37(25-9-5-4-6-10-25,26-13-17-28(46-2)18-14-26)27-15-19-29(47-3)20-16-27/h4-20,22,32-33,43H,21,23H2,1-3H3,(H,44,45)(H,39,41,42)/t32-,33-,36+/m1/s1. The third-order valence-electron chi connectivity index (χ3n) is 8.70. The number of aromatic amines is 1. The minimum absolute atomic E-state index is 0.0229. The number of aliphatic hydroxyl groups is 1. The second-order valence-electron chi connectivity index (χ2n) is 12.0. The van der Waals surface area contributed by atoms with Crippen LogP contribution in [0.2, 0.25) is 5.02 Å². The summed E-state index contributed by atoms with van der Waals surface area (Å²) < 4.78 is 49.3. The van der Waals surface area contributed by atoms with Crippen molar-refractivity contribution in [2.75, 3.05) is 20.8 Å². The number of ether oxygens (including phenoxy) is 4. The number of halogens is 1. The molecule has 0 aliphatic carbocycles. The van der Waals surface area contributed by atoms with E-state index in [1.807, 2.05) is 54.6 Å². The summed E-state index contributed by atoms with van der Waals surface area (Å²) in [7, 11) is -2.03. The monoisotopic (exact) mass is 750 g/mol. The fraction of sp³-hybridized carbons (Fsp3) is 0.243. The van der Waals surface area contributed by atoms with E-state index < -0.39 is 55.8 Å². The van der Waals surface area contributed by atoms with E-state index >= 15 is 0 Å². The number of hydrogen-bond acceptors (Lipinski definition) is 10. The predicted octanol–water partition coefficient (Wildman–Crippen LogP) is 5.70. The van der Waals surface area contributed by atoms with Crippen LogP contribution >= 0.6 is 19.4 Å². The molecule has 0 saturated carbocycles. The molecule has 1 aliphatic heterocycles. The maximum atomic E-state index is 13.5. The van der Waals surface area contributed by atoms with E-state index in [1.165, 1.54) is 31.3 Å². The lowest BCUT2D eigenvalue weighted by Gasteiger charge is -2.38. The molecule has 4 aromatic carbocycles. The molecule has 5 aromatic rings. The first kappa shape index (κ1) is 37.1. The Kier molecular flexibility index (Phi) is 10.8. The van der Waals surface area contributed by atoms with Crippen LogP contribution in [0.15, 0.2) is 119 Å². The summed E-state index contributed by atoms with van der Waals surface area (Å²) in [6.07, 6.45) is -2.09. The topological polar surface area (TPSA) is 168 Å². The normalized spacial score (nSPS) is 19.9. The largest absolute Gasteiger partial charge is 0.530 e. The first-order chi connectivity index (χ1) is 24.9. The van der Waals surface area contributed by atoms with Crippen LogP contribution in [0.3, 0.4) is 0 Å². The zero-order valence-electron chi connectivity index (χ0n) is 28.3. The van der Waals surface area contributed by atoms with E-state index in [9.17, 15) is 24.2 Å². The summed E-state index contributed by atoms with van der Waals surface area (Å²) in [5.74, 6) is -1.56. The Bertz CT molecular complexity index is 2130. The van der Waals surface area contributed by atoms with Crippen molar-refractivity contribution in [3.05, 3.63) is 157 Å². The van der Waals surface area contributed by atoms with E-state index in [0.717, 1.165) is 4.57 Å². The lowest BCUT2D eigenvalue weighted by molar-refractivity contribution is -0.204. The van der Waals surface area contributed by atoms with Gasteiger partial charge in [0.05, 0.1) is 32.3 Å². The lowest BCUT2D eigenvalue weighted by Crippen LogP contribution is -2.46.